The highest BCUT2D eigenvalue weighted by Gasteiger charge is 2.07. The molecular weight excluding hydrogens is 208 g/mol. The Labute approximate surface area is 92.4 Å². The molecule has 1 aromatic carbocycles. The summed E-state index contributed by atoms with van der Waals surface area (Å²) >= 11 is 1.60. The van der Waals surface area contributed by atoms with Crippen molar-refractivity contribution < 1.29 is 4.79 Å². The Balaban J connectivity index is 2.57. The van der Waals surface area contributed by atoms with Gasteiger partial charge in [0, 0.05) is 19.7 Å². The predicted octanol–water partition coefficient (Wildman–Crippen LogP) is 2.56. The van der Waals surface area contributed by atoms with Crippen LogP contribution < -0.4 is 4.90 Å². The molecule has 0 saturated heterocycles. The highest BCUT2D eigenvalue weighted by Crippen LogP contribution is 2.28. The number of aromatic nitrogens is 1. The van der Waals surface area contributed by atoms with Crippen LogP contribution in [0.2, 0.25) is 0 Å². The summed E-state index contributed by atoms with van der Waals surface area (Å²) in [6, 6.07) is 5.63. The molecule has 3 nitrogen and oxygen atoms in total. The van der Waals surface area contributed by atoms with Crippen LogP contribution in [-0.4, -0.2) is 24.9 Å². The van der Waals surface area contributed by atoms with E-state index in [4.69, 9.17) is 0 Å². The molecule has 1 aromatic heterocycles. The number of nitrogens with zero attached hydrogens (tertiary/aromatic N) is 2. The van der Waals surface area contributed by atoms with Gasteiger partial charge in [-0.15, -0.1) is 0 Å². The highest BCUT2D eigenvalue weighted by atomic mass is 32.1. The molecule has 0 saturated carbocycles. The fraction of sp³-hybridized carbons (Fsp3) is 0.273. The average Bonchev–Trinajstić information content (AvgIpc) is 2.59. The van der Waals surface area contributed by atoms with Gasteiger partial charge in [-0.25, -0.2) is 4.98 Å². The summed E-state index contributed by atoms with van der Waals surface area (Å²) in [5, 5.41) is 0.964. The monoisotopic (exact) mass is 220 g/mol. The summed E-state index contributed by atoms with van der Waals surface area (Å²) in [6.45, 7) is 1.58. The molecule has 2 rings (SSSR count). The summed E-state index contributed by atoms with van der Waals surface area (Å²) in [7, 11) is 3.92. The van der Waals surface area contributed by atoms with Gasteiger partial charge in [-0.3, -0.25) is 4.79 Å². The second kappa shape index (κ2) is 3.62. The Morgan fingerprint density at radius 1 is 1.40 bits per heavy atom. The molecule has 0 atom stereocenters. The number of carbonyl (C=O) groups excluding carboxylic acids is 1. The lowest BCUT2D eigenvalue weighted by atomic mass is 10.1. The lowest BCUT2D eigenvalue weighted by Crippen LogP contribution is -2.07. The van der Waals surface area contributed by atoms with Crippen molar-refractivity contribution in [2.45, 2.75) is 6.92 Å². The van der Waals surface area contributed by atoms with E-state index in [2.05, 4.69) is 4.98 Å². The Hall–Kier alpha value is -1.42. The van der Waals surface area contributed by atoms with Gasteiger partial charge in [0.25, 0.3) is 0 Å². The molecule has 0 amide bonds. The van der Waals surface area contributed by atoms with E-state index in [9.17, 15) is 4.79 Å². The van der Waals surface area contributed by atoms with Crippen LogP contribution in [0.15, 0.2) is 18.2 Å². The van der Waals surface area contributed by atoms with Crippen molar-refractivity contribution in [2.24, 2.45) is 0 Å². The number of hydrogen-bond acceptors (Lipinski definition) is 4. The molecule has 1 heterocycles. The number of ketones is 1. The maximum atomic E-state index is 11.2. The molecule has 4 heteroatoms. The van der Waals surface area contributed by atoms with Crippen molar-refractivity contribution in [3.63, 3.8) is 0 Å². The van der Waals surface area contributed by atoms with Crippen LogP contribution in [0.1, 0.15) is 17.3 Å². The van der Waals surface area contributed by atoms with Gasteiger partial charge in [0.1, 0.15) is 0 Å². The summed E-state index contributed by atoms with van der Waals surface area (Å²) in [4.78, 5) is 17.6. The first kappa shape index (κ1) is 10.1. The van der Waals surface area contributed by atoms with Crippen LogP contribution in [-0.2, 0) is 0 Å². The third-order valence-corrected chi connectivity index (χ3v) is 3.35. The molecule has 2 aromatic rings. The number of thiazole rings is 1. The van der Waals surface area contributed by atoms with E-state index in [1.54, 1.807) is 18.3 Å². The third-order valence-electron chi connectivity index (χ3n) is 2.17. The van der Waals surface area contributed by atoms with Gasteiger partial charge in [0.2, 0.25) is 0 Å². The van der Waals surface area contributed by atoms with Crippen molar-refractivity contribution in [1.29, 1.82) is 0 Å². The Kier molecular flexibility index (Phi) is 2.44. The third kappa shape index (κ3) is 1.85. The standard InChI is InChI=1S/C11H12N2OS/c1-7(14)8-4-5-9-10(6-8)15-11(12-9)13(2)3/h4-6H,1-3H3. The number of benzene rings is 1. The molecule has 0 N–H and O–H groups in total. The first-order valence-electron chi connectivity index (χ1n) is 4.67. The van der Waals surface area contributed by atoms with Gasteiger partial charge < -0.3 is 4.90 Å². The minimum atomic E-state index is 0.0942. The SMILES string of the molecule is CC(=O)c1ccc2nc(N(C)C)sc2c1. The summed E-state index contributed by atoms with van der Waals surface area (Å²) in [6.07, 6.45) is 0. The van der Waals surface area contributed by atoms with Gasteiger partial charge in [0.05, 0.1) is 10.2 Å². The molecule has 0 aliphatic carbocycles. The Morgan fingerprint density at radius 2 is 2.13 bits per heavy atom. The van der Waals surface area contributed by atoms with Crippen molar-refractivity contribution >= 4 is 32.5 Å². The summed E-state index contributed by atoms with van der Waals surface area (Å²) < 4.78 is 1.06. The Bertz CT molecular complexity index is 516. The molecular formula is C11H12N2OS. The van der Waals surface area contributed by atoms with Crippen molar-refractivity contribution in [3.05, 3.63) is 23.8 Å². The molecule has 0 bridgehead atoms. The number of Topliss-reactive ketones (excluding diaryl/α,β-unsaturated/α-hetero) is 1. The number of rotatable bonds is 2. The fourth-order valence-electron chi connectivity index (χ4n) is 1.32. The van der Waals surface area contributed by atoms with Crippen LogP contribution >= 0.6 is 11.3 Å². The van der Waals surface area contributed by atoms with Gasteiger partial charge in [-0.05, 0) is 25.1 Å². The smallest absolute Gasteiger partial charge is 0.185 e. The highest BCUT2D eigenvalue weighted by molar-refractivity contribution is 7.22. The second-order valence-corrected chi connectivity index (χ2v) is 4.64. The van der Waals surface area contributed by atoms with E-state index in [1.165, 1.54) is 0 Å². The first-order chi connectivity index (χ1) is 7.08. The lowest BCUT2D eigenvalue weighted by molar-refractivity contribution is 0.101. The summed E-state index contributed by atoms with van der Waals surface area (Å²) in [5.74, 6) is 0.0942. The van der Waals surface area contributed by atoms with Crippen LogP contribution in [0, 0.1) is 0 Å². The van der Waals surface area contributed by atoms with Gasteiger partial charge >= 0.3 is 0 Å². The van der Waals surface area contributed by atoms with Gasteiger partial charge in [-0.1, -0.05) is 11.3 Å². The zero-order valence-electron chi connectivity index (χ0n) is 8.94. The van der Waals surface area contributed by atoms with E-state index < -0.39 is 0 Å². The van der Waals surface area contributed by atoms with E-state index in [0.717, 1.165) is 20.9 Å². The molecule has 78 valence electrons. The van der Waals surface area contributed by atoms with E-state index in [1.807, 2.05) is 37.2 Å². The fourth-order valence-corrected chi connectivity index (χ4v) is 2.25. The minimum Gasteiger partial charge on any atom is -0.354 e. The van der Waals surface area contributed by atoms with E-state index in [0.29, 0.717) is 0 Å². The number of hydrogen-bond donors (Lipinski definition) is 0. The van der Waals surface area contributed by atoms with Gasteiger partial charge in [-0.2, -0.15) is 0 Å². The zero-order chi connectivity index (χ0) is 11.0. The van der Waals surface area contributed by atoms with E-state index in [-0.39, 0.29) is 5.78 Å². The zero-order valence-corrected chi connectivity index (χ0v) is 9.76. The van der Waals surface area contributed by atoms with E-state index >= 15 is 0 Å². The number of anilines is 1. The molecule has 0 spiro atoms. The average molecular weight is 220 g/mol. The van der Waals surface area contributed by atoms with Crippen LogP contribution in [0.5, 0.6) is 0 Å². The topological polar surface area (TPSA) is 33.2 Å². The van der Waals surface area contributed by atoms with Crippen LogP contribution in [0.4, 0.5) is 5.13 Å². The van der Waals surface area contributed by atoms with Crippen molar-refractivity contribution in [3.8, 4) is 0 Å². The molecule has 0 radical (unpaired) electrons. The van der Waals surface area contributed by atoms with Crippen LogP contribution in [0.3, 0.4) is 0 Å². The van der Waals surface area contributed by atoms with Crippen LogP contribution in [0.25, 0.3) is 10.2 Å². The largest absolute Gasteiger partial charge is 0.354 e. The number of fused-ring (bicyclic) bond motifs is 1. The van der Waals surface area contributed by atoms with Crippen molar-refractivity contribution in [2.75, 3.05) is 19.0 Å². The maximum absolute atomic E-state index is 11.2. The Morgan fingerprint density at radius 3 is 2.73 bits per heavy atom. The quantitative estimate of drug-likeness (QED) is 0.729. The number of carbonyl (C=O) groups is 1. The molecule has 15 heavy (non-hydrogen) atoms. The second-order valence-electron chi connectivity index (χ2n) is 3.63. The summed E-state index contributed by atoms with van der Waals surface area (Å²) in [5.41, 5.74) is 1.70. The minimum absolute atomic E-state index is 0.0942. The van der Waals surface area contributed by atoms with Gasteiger partial charge in [0.15, 0.2) is 10.9 Å². The molecule has 0 unspecified atom stereocenters. The lowest BCUT2D eigenvalue weighted by Gasteiger charge is -2.04. The van der Waals surface area contributed by atoms with Crippen molar-refractivity contribution in [1.82, 2.24) is 4.98 Å². The molecule has 0 fully saturated rings. The normalized spacial score (nSPS) is 10.6. The maximum Gasteiger partial charge on any atom is 0.185 e. The molecule has 0 aliphatic heterocycles. The molecule has 0 aliphatic rings. The predicted molar refractivity (Wildman–Crippen MR) is 64.0 cm³/mol. The first-order valence-corrected chi connectivity index (χ1v) is 5.48.